The van der Waals surface area contributed by atoms with Gasteiger partial charge < -0.3 is 9.31 Å². The Balaban J connectivity index is 1.67. The Morgan fingerprint density at radius 3 is 2.05 bits per heavy atom. The molecule has 3 rings (SSSR count). The Hall–Kier alpha value is -0.835. The molecule has 0 N–H and O–H groups in total. The summed E-state index contributed by atoms with van der Waals surface area (Å²) < 4.78 is 12.2. The van der Waals surface area contributed by atoms with Gasteiger partial charge in [0.15, 0.2) is 0 Å². The van der Waals surface area contributed by atoms with Crippen LogP contribution in [0.15, 0.2) is 24.3 Å². The molecular formula is C17H26BNO2. The maximum absolute atomic E-state index is 6.09. The lowest BCUT2D eigenvalue weighted by Crippen LogP contribution is -2.41. The summed E-state index contributed by atoms with van der Waals surface area (Å²) in [5, 5.41) is 0. The van der Waals surface area contributed by atoms with Gasteiger partial charge in [-0.3, -0.25) is 4.90 Å². The third kappa shape index (κ3) is 3.03. The predicted molar refractivity (Wildman–Crippen MR) is 86.6 cm³/mol. The summed E-state index contributed by atoms with van der Waals surface area (Å²) in [4.78, 5) is 2.43. The van der Waals surface area contributed by atoms with Crippen molar-refractivity contribution in [2.45, 2.75) is 64.3 Å². The normalized spacial score (nSPS) is 23.8. The third-order valence-electron chi connectivity index (χ3n) is 5.11. The van der Waals surface area contributed by atoms with Crippen LogP contribution in [-0.4, -0.2) is 36.3 Å². The Bertz CT molecular complexity index is 492. The van der Waals surface area contributed by atoms with Crippen LogP contribution in [0.4, 0.5) is 0 Å². The molecule has 0 bridgehead atoms. The van der Waals surface area contributed by atoms with Crippen LogP contribution in [0.25, 0.3) is 0 Å². The van der Waals surface area contributed by atoms with Crippen LogP contribution < -0.4 is 5.46 Å². The van der Waals surface area contributed by atoms with Crippen LogP contribution in [0, 0.1) is 0 Å². The van der Waals surface area contributed by atoms with E-state index in [4.69, 9.17) is 9.31 Å². The van der Waals surface area contributed by atoms with E-state index in [0.29, 0.717) is 0 Å². The minimum atomic E-state index is -0.275. The van der Waals surface area contributed by atoms with Gasteiger partial charge in [-0.1, -0.05) is 24.3 Å². The van der Waals surface area contributed by atoms with Gasteiger partial charge in [-0.15, -0.1) is 0 Å². The number of nitrogens with zero attached hydrogens (tertiary/aromatic N) is 1. The first-order valence-corrected chi connectivity index (χ1v) is 7.93. The van der Waals surface area contributed by atoms with Gasteiger partial charge in [-0.05, 0) is 58.6 Å². The maximum Gasteiger partial charge on any atom is 0.494 e. The molecule has 0 radical (unpaired) electrons. The van der Waals surface area contributed by atoms with Gasteiger partial charge in [-0.25, -0.2) is 0 Å². The van der Waals surface area contributed by atoms with Crippen molar-refractivity contribution >= 4 is 12.6 Å². The van der Waals surface area contributed by atoms with Gasteiger partial charge in [-0.2, -0.15) is 0 Å². The third-order valence-corrected chi connectivity index (χ3v) is 5.11. The van der Waals surface area contributed by atoms with Gasteiger partial charge in [0.25, 0.3) is 0 Å². The topological polar surface area (TPSA) is 21.7 Å². The van der Waals surface area contributed by atoms with Gasteiger partial charge in [0, 0.05) is 12.6 Å². The SMILES string of the molecule is CN(Cc1ccc(B2OC(C)(C)C(C)(C)O2)cc1)C1CC1. The first kappa shape index (κ1) is 15.1. The van der Waals surface area contributed by atoms with Crippen LogP contribution in [0.3, 0.4) is 0 Å². The molecule has 1 aromatic carbocycles. The van der Waals surface area contributed by atoms with E-state index in [-0.39, 0.29) is 18.3 Å². The number of benzene rings is 1. The quantitative estimate of drug-likeness (QED) is 0.794. The van der Waals surface area contributed by atoms with E-state index in [2.05, 4.69) is 63.9 Å². The van der Waals surface area contributed by atoms with Gasteiger partial charge in [0.2, 0.25) is 0 Å². The highest BCUT2D eigenvalue weighted by atomic mass is 16.7. The van der Waals surface area contributed by atoms with E-state index in [9.17, 15) is 0 Å². The zero-order valence-electron chi connectivity index (χ0n) is 13.8. The maximum atomic E-state index is 6.09. The summed E-state index contributed by atoms with van der Waals surface area (Å²) in [6.45, 7) is 9.38. The van der Waals surface area contributed by atoms with Crippen molar-refractivity contribution in [1.29, 1.82) is 0 Å². The summed E-state index contributed by atoms with van der Waals surface area (Å²) in [6.07, 6.45) is 2.70. The summed E-state index contributed by atoms with van der Waals surface area (Å²) in [5.74, 6) is 0. The molecule has 2 fully saturated rings. The van der Waals surface area contributed by atoms with E-state index in [0.717, 1.165) is 18.0 Å². The van der Waals surface area contributed by atoms with Crippen LogP contribution in [0.5, 0.6) is 0 Å². The average molecular weight is 287 g/mol. The smallest absolute Gasteiger partial charge is 0.399 e. The van der Waals surface area contributed by atoms with E-state index >= 15 is 0 Å². The van der Waals surface area contributed by atoms with Crippen LogP contribution in [0.2, 0.25) is 0 Å². The molecule has 1 heterocycles. The van der Waals surface area contributed by atoms with Gasteiger partial charge >= 0.3 is 7.12 Å². The zero-order chi connectivity index (χ0) is 15.3. The zero-order valence-corrected chi connectivity index (χ0v) is 13.8. The predicted octanol–water partition coefficient (Wildman–Crippen LogP) is 2.58. The second kappa shape index (κ2) is 5.11. The molecule has 1 aromatic rings. The molecule has 4 heteroatoms. The van der Waals surface area contributed by atoms with Crippen molar-refractivity contribution in [2.75, 3.05) is 7.05 Å². The lowest BCUT2D eigenvalue weighted by atomic mass is 9.79. The fraction of sp³-hybridized carbons (Fsp3) is 0.647. The molecule has 0 unspecified atom stereocenters. The molecular weight excluding hydrogens is 261 g/mol. The molecule has 1 aliphatic heterocycles. The first-order chi connectivity index (χ1) is 9.78. The molecule has 2 aliphatic rings. The van der Waals surface area contributed by atoms with Crippen LogP contribution in [0.1, 0.15) is 46.1 Å². The highest BCUT2D eigenvalue weighted by Crippen LogP contribution is 2.36. The Morgan fingerprint density at radius 2 is 1.57 bits per heavy atom. The van der Waals surface area contributed by atoms with Crippen LogP contribution >= 0.6 is 0 Å². The molecule has 0 atom stereocenters. The summed E-state index contributed by atoms with van der Waals surface area (Å²) in [7, 11) is 1.95. The summed E-state index contributed by atoms with van der Waals surface area (Å²) in [5.41, 5.74) is 1.90. The lowest BCUT2D eigenvalue weighted by molar-refractivity contribution is 0.00578. The molecule has 1 saturated heterocycles. The first-order valence-electron chi connectivity index (χ1n) is 7.93. The fourth-order valence-electron chi connectivity index (χ4n) is 2.69. The summed E-state index contributed by atoms with van der Waals surface area (Å²) >= 11 is 0. The Kier molecular flexibility index (Phi) is 3.67. The molecule has 0 spiro atoms. The number of hydrogen-bond donors (Lipinski definition) is 0. The van der Waals surface area contributed by atoms with E-state index in [1.807, 2.05) is 0 Å². The highest BCUT2D eigenvalue weighted by Gasteiger charge is 2.51. The minimum Gasteiger partial charge on any atom is -0.399 e. The van der Waals surface area contributed by atoms with Crippen molar-refractivity contribution in [3.8, 4) is 0 Å². The second-order valence-corrected chi connectivity index (χ2v) is 7.48. The Morgan fingerprint density at radius 1 is 1.05 bits per heavy atom. The van der Waals surface area contributed by atoms with E-state index in [1.54, 1.807) is 0 Å². The highest BCUT2D eigenvalue weighted by molar-refractivity contribution is 6.62. The molecule has 3 nitrogen and oxygen atoms in total. The molecule has 114 valence electrons. The van der Waals surface area contributed by atoms with Crippen molar-refractivity contribution in [1.82, 2.24) is 4.90 Å². The van der Waals surface area contributed by atoms with Crippen molar-refractivity contribution in [3.05, 3.63) is 29.8 Å². The molecule has 1 aliphatic carbocycles. The number of hydrogen-bond acceptors (Lipinski definition) is 3. The Labute approximate surface area is 128 Å². The second-order valence-electron chi connectivity index (χ2n) is 7.48. The molecule has 1 saturated carbocycles. The molecule has 21 heavy (non-hydrogen) atoms. The van der Waals surface area contributed by atoms with Crippen molar-refractivity contribution in [2.24, 2.45) is 0 Å². The number of rotatable bonds is 4. The minimum absolute atomic E-state index is 0.259. The van der Waals surface area contributed by atoms with Gasteiger partial charge in [0.1, 0.15) is 0 Å². The van der Waals surface area contributed by atoms with E-state index < -0.39 is 0 Å². The standard InChI is InChI=1S/C17H26BNO2/c1-16(2)17(3,4)21-18(20-16)14-8-6-13(7-9-14)12-19(5)15-10-11-15/h6-9,15H,10-12H2,1-5H3. The lowest BCUT2D eigenvalue weighted by Gasteiger charge is -2.32. The largest absolute Gasteiger partial charge is 0.494 e. The monoisotopic (exact) mass is 287 g/mol. The van der Waals surface area contributed by atoms with Crippen LogP contribution in [-0.2, 0) is 15.9 Å². The molecule has 0 amide bonds. The molecule has 0 aromatic heterocycles. The van der Waals surface area contributed by atoms with E-state index in [1.165, 1.54) is 18.4 Å². The average Bonchev–Trinajstić information content (AvgIpc) is 3.19. The van der Waals surface area contributed by atoms with Gasteiger partial charge in [0.05, 0.1) is 11.2 Å². The van der Waals surface area contributed by atoms with Crippen molar-refractivity contribution < 1.29 is 9.31 Å². The summed E-state index contributed by atoms with van der Waals surface area (Å²) in [6, 6.07) is 9.46. The van der Waals surface area contributed by atoms with Crippen molar-refractivity contribution in [3.63, 3.8) is 0 Å². The fourth-order valence-corrected chi connectivity index (χ4v) is 2.69.